The summed E-state index contributed by atoms with van der Waals surface area (Å²) < 4.78 is 73.0. The second-order valence-electron chi connectivity index (χ2n) is 9.42. The maximum absolute atomic E-state index is 14.5. The summed E-state index contributed by atoms with van der Waals surface area (Å²) >= 11 is 0. The third-order valence-corrected chi connectivity index (χ3v) is 6.39. The van der Waals surface area contributed by atoms with Crippen LogP contribution in [0.4, 0.5) is 17.6 Å². The molecule has 0 saturated carbocycles. The first-order valence-corrected chi connectivity index (χ1v) is 12.0. The van der Waals surface area contributed by atoms with Crippen LogP contribution in [-0.4, -0.2) is 60.8 Å². The van der Waals surface area contributed by atoms with Gasteiger partial charge in [-0.2, -0.15) is 13.2 Å². The number of methoxy groups -OCH3 is 1. The lowest BCUT2D eigenvalue weighted by molar-refractivity contribution is -0.265. The lowest BCUT2D eigenvalue weighted by Crippen LogP contribution is -2.51. The van der Waals surface area contributed by atoms with Crippen LogP contribution in [0.15, 0.2) is 48.5 Å². The summed E-state index contributed by atoms with van der Waals surface area (Å²) in [4.78, 5) is 16.9. The molecule has 0 fully saturated rings. The minimum atomic E-state index is -5.29. The van der Waals surface area contributed by atoms with Crippen LogP contribution in [0.2, 0.25) is 0 Å². The monoisotopic (exact) mass is 565 g/mol. The number of carbonyl (C=O) groups is 1. The van der Waals surface area contributed by atoms with Crippen LogP contribution in [0.25, 0.3) is 11.3 Å². The number of pyridine rings is 1. The molecular formula is C27H27F4N3O6. The Balaban J connectivity index is 1.71. The number of rotatable bonds is 9. The van der Waals surface area contributed by atoms with Crippen LogP contribution in [0.3, 0.4) is 0 Å². The predicted octanol–water partition coefficient (Wildman–Crippen LogP) is 3.01. The highest BCUT2D eigenvalue weighted by Gasteiger charge is 2.57. The molecule has 2 atom stereocenters. The third-order valence-electron chi connectivity index (χ3n) is 6.39. The van der Waals surface area contributed by atoms with Gasteiger partial charge in [-0.15, -0.1) is 0 Å². The number of aromatic nitrogens is 1. The molecule has 5 N–H and O–H groups in total. The fourth-order valence-electron chi connectivity index (χ4n) is 4.15. The van der Waals surface area contributed by atoms with Crippen LogP contribution in [0.1, 0.15) is 28.5 Å². The molecule has 214 valence electrons. The van der Waals surface area contributed by atoms with Gasteiger partial charge in [-0.1, -0.05) is 0 Å². The normalized spacial score (nSPS) is 17.9. The van der Waals surface area contributed by atoms with Gasteiger partial charge in [0, 0.05) is 16.7 Å². The Hall–Kier alpha value is -3.94. The molecule has 4 rings (SSSR count). The number of nitrogens with two attached hydrogens (primary N) is 1. The first-order valence-electron chi connectivity index (χ1n) is 12.0. The fraction of sp³-hybridized carbons (Fsp3) is 0.333. The van der Waals surface area contributed by atoms with Crippen molar-refractivity contribution in [3.63, 3.8) is 0 Å². The molecular weight excluding hydrogens is 538 g/mol. The molecule has 40 heavy (non-hydrogen) atoms. The molecule has 13 heteroatoms. The summed E-state index contributed by atoms with van der Waals surface area (Å²) in [6, 6.07) is 9.74. The number of nitrogens with one attached hydrogen (secondary N) is 1. The SMILES string of the molecule is COc1cc(C(=O)NCC(O)(c2cc3c(c(-c4ccc(F)cc4)n2)OC[C@@]3(C)N)C(F)(F)F)ccc1OCCO. The largest absolute Gasteiger partial charge is 0.493 e. The van der Waals surface area contributed by atoms with Crippen molar-refractivity contribution in [2.24, 2.45) is 5.73 Å². The van der Waals surface area contributed by atoms with Gasteiger partial charge < -0.3 is 35.5 Å². The number of aliphatic hydroxyl groups excluding tert-OH is 1. The van der Waals surface area contributed by atoms with E-state index in [1.807, 2.05) is 0 Å². The molecule has 1 aromatic heterocycles. The minimum absolute atomic E-state index is 0.0406. The summed E-state index contributed by atoms with van der Waals surface area (Å²) in [5.41, 5.74) is 0.840. The summed E-state index contributed by atoms with van der Waals surface area (Å²) in [5.74, 6) is -1.08. The van der Waals surface area contributed by atoms with E-state index >= 15 is 0 Å². The summed E-state index contributed by atoms with van der Waals surface area (Å²) in [5, 5.41) is 22.1. The topological polar surface area (TPSA) is 136 Å². The predicted molar refractivity (Wildman–Crippen MR) is 135 cm³/mol. The molecule has 0 aliphatic carbocycles. The number of fused-ring (bicyclic) bond motifs is 1. The van der Waals surface area contributed by atoms with Crippen molar-refractivity contribution in [1.82, 2.24) is 10.3 Å². The van der Waals surface area contributed by atoms with Gasteiger partial charge in [-0.05, 0) is 55.5 Å². The number of carbonyl (C=O) groups excluding carboxylic acids is 1. The number of hydrogen-bond acceptors (Lipinski definition) is 8. The lowest BCUT2D eigenvalue weighted by atomic mass is 9.89. The number of nitrogens with zero attached hydrogens (tertiary/aromatic N) is 1. The lowest BCUT2D eigenvalue weighted by Gasteiger charge is -2.31. The highest BCUT2D eigenvalue weighted by atomic mass is 19.4. The molecule has 0 radical (unpaired) electrons. The Labute approximate surface area is 226 Å². The second kappa shape index (κ2) is 10.9. The zero-order valence-electron chi connectivity index (χ0n) is 21.5. The molecule has 1 aliphatic heterocycles. The van der Waals surface area contributed by atoms with Gasteiger partial charge in [0.25, 0.3) is 5.91 Å². The molecule has 1 aliphatic rings. The van der Waals surface area contributed by atoms with Gasteiger partial charge >= 0.3 is 6.18 Å². The van der Waals surface area contributed by atoms with E-state index in [9.17, 15) is 27.5 Å². The summed E-state index contributed by atoms with van der Waals surface area (Å²) in [6.07, 6.45) is -5.29. The zero-order chi connectivity index (χ0) is 29.3. The number of benzene rings is 2. The van der Waals surface area contributed by atoms with Gasteiger partial charge in [-0.3, -0.25) is 4.79 Å². The molecule has 3 aromatic rings. The van der Waals surface area contributed by atoms with Gasteiger partial charge in [-0.25, -0.2) is 9.37 Å². The zero-order valence-corrected chi connectivity index (χ0v) is 21.5. The van der Waals surface area contributed by atoms with Crippen LogP contribution in [0, 0.1) is 5.82 Å². The van der Waals surface area contributed by atoms with E-state index in [0.717, 1.165) is 18.2 Å². The van der Waals surface area contributed by atoms with E-state index in [-0.39, 0.29) is 59.5 Å². The van der Waals surface area contributed by atoms with Crippen LogP contribution in [0.5, 0.6) is 17.2 Å². The Morgan fingerprint density at radius 3 is 2.50 bits per heavy atom. The molecule has 2 aromatic carbocycles. The number of halogens is 4. The first kappa shape index (κ1) is 29.1. The second-order valence-corrected chi connectivity index (χ2v) is 9.42. The Morgan fingerprint density at radius 2 is 1.88 bits per heavy atom. The van der Waals surface area contributed by atoms with Crippen molar-refractivity contribution in [2.45, 2.75) is 24.2 Å². The Bertz CT molecular complexity index is 1400. The van der Waals surface area contributed by atoms with E-state index < -0.39 is 41.3 Å². The van der Waals surface area contributed by atoms with Crippen LogP contribution >= 0.6 is 0 Å². The van der Waals surface area contributed by atoms with Crippen molar-refractivity contribution in [3.8, 4) is 28.5 Å². The molecule has 0 spiro atoms. The quantitative estimate of drug-likeness (QED) is 0.291. The van der Waals surface area contributed by atoms with Crippen molar-refractivity contribution < 1.29 is 46.8 Å². The van der Waals surface area contributed by atoms with E-state index in [1.54, 1.807) is 6.92 Å². The average molecular weight is 566 g/mol. The summed E-state index contributed by atoms with van der Waals surface area (Å²) in [7, 11) is 1.30. The van der Waals surface area contributed by atoms with Gasteiger partial charge in [0.05, 0.1) is 31.5 Å². The molecule has 0 saturated heterocycles. The number of hydrogen-bond donors (Lipinski definition) is 4. The third kappa shape index (κ3) is 5.53. The molecule has 0 bridgehead atoms. The standard InChI is InChI=1S/C27H27F4N3O6/c1-25(32)14-40-23-18(25)12-21(34-22(23)15-3-6-17(28)7-4-15)26(37,27(29,30)31)13-33-24(36)16-5-8-19(39-10-9-35)20(11-16)38-2/h3-8,11-12,35,37H,9-10,13-14,32H2,1-2H3,(H,33,36)/t25-,26?/m1/s1. The number of alkyl halides is 3. The summed E-state index contributed by atoms with van der Waals surface area (Å²) in [6.45, 7) is -0.121. The molecule has 9 nitrogen and oxygen atoms in total. The van der Waals surface area contributed by atoms with Gasteiger partial charge in [0.1, 0.15) is 24.7 Å². The van der Waals surface area contributed by atoms with E-state index in [0.29, 0.717) is 0 Å². The first-order chi connectivity index (χ1) is 18.8. The van der Waals surface area contributed by atoms with Crippen LogP contribution in [-0.2, 0) is 11.1 Å². The van der Waals surface area contributed by atoms with E-state index in [1.165, 1.54) is 37.4 Å². The number of aliphatic hydroxyl groups is 2. The van der Waals surface area contributed by atoms with Gasteiger partial charge in [0.15, 0.2) is 17.2 Å². The number of ether oxygens (including phenoxy) is 3. The highest BCUT2D eigenvalue weighted by molar-refractivity contribution is 5.95. The molecule has 1 amide bonds. The smallest absolute Gasteiger partial charge is 0.424 e. The maximum atomic E-state index is 14.5. The molecule has 1 unspecified atom stereocenters. The number of amides is 1. The Kier molecular flexibility index (Phi) is 7.92. The van der Waals surface area contributed by atoms with Gasteiger partial charge in [0.2, 0.25) is 5.60 Å². The fourth-order valence-corrected chi connectivity index (χ4v) is 4.15. The van der Waals surface area contributed by atoms with Crippen molar-refractivity contribution in [2.75, 3.05) is 33.5 Å². The van der Waals surface area contributed by atoms with Crippen LogP contribution < -0.4 is 25.3 Å². The Morgan fingerprint density at radius 1 is 1.18 bits per heavy atom. The average Bonchev–Trinajstić information content (AvgIpc) is 3.23. The van der Waals surface area contributed by atoms with Crippen molar-refractivity contribution >= 4 is 5.91 Å². The maximum Gasteiger partial charge on any atom is 0.424 e. The van der Waals surface area contributed by atoms with E-state index in [2.05, 4.69) is 10.3 Å². The van der Waals surface area contributed by atoms with Crippen molar-refractivity contribution in [1.29, 1.82) is 0 Å². The molecule has 2 heterocycles. The van der Waals surface area contributed by atoms with Crippen molar-refractivity contribution in [3.05, 3.63) is 71.2 Å². The highest BCUT2D eigenvalue weighted by Crippen LogP contribution is 2.46. The van der Waals surface area contributed by atoms with E-state index in [4.69, 9.17) is 25.1 Å². The minimum Gasteiger partial charge on any atom is -0.493 e.